The van der Waals surface area contributed by atoms with Gasteiger partial charge in [0.05, 0.1) is 19.8 Å². The molecule has 7 heteroatoms. The molecule has 1 aliphatic rings. The van der Waals surface area contributed by atoms with Crippen molar-refractivity contribution in [3.05, 3.63) is 89.5 Å². The summed E-state index contributed by atoms with van der Waals surface area (Å²) in [6.45, 7) is 4.63. The minimum atomic E-state index is -1.05. The summed E-state index contributed by atoms with van der Waals surface area (Å²) in [5, 5.41) is 0. The van der Waals surface area contributed by atoms with Crippen LogP contribution in [0, 0.1) is 23.3 Å². The number of benzene rings is 3. The topological polar surface area (TPSA) is 27.7 Å². The molecule has 3 nitrogen and oxygen atoms in total. The largest absolute Gasteiger partial charge is 0.490 e. The smallest absolute Gasteiger partial charge is 0.201 e. The van der Waals surface area contributed by atoms with Crippen LogP contribution in [0.25, 0.3) is 22.3 Å². The van der Waals surface area contributed by atoms with Crippen LogP contribution in [0.3, 0.4) is 0 Å². The molecule has 0 spiro atoms. The average molecular weight is 515 g/mol. The summed E-state index contributed by atoms with van der Waals surface area (Å²) in [7, 11) is 0. The first-order valence-corrected chi connectivity index (χ1v) is 12.5. The first kappa shape index (κ1) is 26.9. The Hall–Kier alpha value is -3.16. The fraction of sp³-hybridized carbons (Fsp3) is 0.333. The van der Waals surface area contributed by atoms with Gasteiger partial charge < -0.3 is 14.2 Å². The van der Waals surface area contributed by atoms with Crippen LogP contribution in [-0.4, -0.2) is 26.1 Å². The van der Waals surface area contributed by atoms with Gasteiger partial charge in [-0.2, -0.15) is 4.39 Å². The molecule has 1 aliphatic heterocycles. The highest BCUT2D eigenvalue weighted by Crippen LogP contribution is 2.34. The number of halogens is 4. The van der Waals surface area contributed by atoms with Crippen molar-refractivity contribution < 1.29 is 31.8 Å². The maximum Gasteiger partial charge on any atom is 0.201 e. The van der Waals surface area contributed by atoms with E-state index in [0.29, 0.717) is 17.7 Å². The zero-order chi connectivity index (χ0) is 26.4. The lowest BCUT2D eigenvalue weighted by Crippen LogP contribution is -2.30. The van der Waals surface area contributed by atoms with E-state index in [2.05, 4.69) is 0 Å². The van der Waals surface area contributed by atoms with Crippen LogP contribution < -0.4 is 4.74 Å². The molecule has 0 bridgehead atoms. The summed E-state index contributed by atoms with van der Waals surface area (Å²) < 4.78 is 75.8. The van der Waals surface area contributed by atoms with Crippen molar-refractivity contribution in [3.63, 3.8) is 0 Å². The normalized spacial score (nSPS) is 17.9. The van der Waals surface area contributed by atoms with Gasteiger partial charge in [0, 0.05) is 17.0 Å². The summed E-state index contributed by atoms with van der Waals surface area (Å²) in [6.07, 6.45) is 5.77. The minimum Gasteiger partial charge on any atom is -0.490 e. The van der Waals surface area contributed by atoms with Gasteiger partial charge >= 0.3 is 0 Å². The highest BCUT2D eigenvalue weighted by atomic mass is 19.2. The first-order valence-electron chi connectivity index (χ1n) is 12.5. The quantitative estimate of drug-likeness (QED) is 0.164. The third-order valence-electron chi connectivity index (χ3n) is 6.38. The van der Waals surface area contributed by atoms with Crippen molar-refractivity contribution in [2.45, 2.75) is 45.3 Å². The molecule has 3 aromatic rings. The SMILES string of the molecule is C/C=C/C1OCC(c2ccc(-c3ccc(-c4ccc(OCCCCC)c(F)c4F)cc3)c(F)c2F)CO1. The van der Waals surface area contributed by atoms with Crippen LogP contribution in [0.2, 0.25) is 0 Å². The van der Waals surface area contributed by atoms with Gasteiger partial charge in [0.1, 0.15) is 0 Å². The molecule has 4 rings (SSSR count). The van der Waals surface area contributed by atoms with Crippen LogP contribution in [0.4, 0.5) is 17.6 Å². The van der Waals surface area contributed by atoms with Gasteiger partial charge in [0.2, 0.25) is 5.82 Å². The maximum atomic E-state index is 15.0. The molecule has 0 aliphatic carbocycles. The summed E-state index contributed by atoms with van der Waals surface area (Å²) >= 11 is 0. The molecule has 0 saturated carbocycles. The molecule has 196 valence electrons. The predicted octanol–water partition coefficient (Wildman–Crippen LogP) is 8.18. The van der Waals surface area contributed by atoms with E-state index in [4.69, 9.17) is 14.2 Å². The number of allylic oxidation sites excluding steroid dienone is 1. The molecule has 0 aromatic heterocycles. The van der Waals surface area contributed by atoms with Crippen molar-refractivity contribution in [3.8, 4) is 28.0 Å². The molecule has 1 saturated heterocycles. The number of hydrogen-bond donors (Lipinski definition) is 0. The molecular weight excluding hydrogens is 484 g/mol. The lowest BCUT2D eigenvalue weighted by molar-refractivity contribution is -0.159. The molecule has 0 N–H and O–H groups in total. The molecule has 0 amide bonds. The van der Waals surface area contributed by atoms with E-state index in [-0.39, 0.29) is 35.7 Å². The Morgan fingerprint density at radius 2 is 1.38 bits per heavy atom. The highest BCUT2D eigenvalue weighted by molar-refractivity contribution is 5.72. The Morgan fingerprint density at radius 3 is 1.97 bits per heavy atom. The molecule has 1 heterocycles. The second-order valence-corrected chi connectivity index (χ2v) is 8.96. The fourth-order valence-corrected chi connectivity index (χ4v) is 4.30. The van der Waals surface area contributed by atoms with Gasteiger partial charge in [-0.25, -0.2) is 13.2 Å². The summed E-state index contributed by atoms with van der Waals surface area (Å²) in [5.74, 6) is -4.56. The summed E-state index contributed by atoms with van der Waals surface area (Å²) in [5.41, 5.74) is 1.13. The van der Waals surface area contributed by atoms with Crippen LogP contribution in [-0.2, 0) is 9.47 Å². The molecule has 0 unspecified atom stereocenters. The van der Waals surface area contributed by atoms with E-state index in [1.807, 2.05) is 13.8 Å². The van der Waals surface area contributed by atoms with Crippen LogP contribution in [0.15, 0.2) is 60.7 Å². The standard InChI is InChI=1S/C30H30F4O3/c1-3-5-6-16-35-25-15-14-23(29(33)30(25)34)20-10-8-19(9-11-20)22-12-13-24(28(32)27(22)31)21-17-36-26(7-4-2)37-18-21/h4,7-15,21,26H,3,5-6,16-18H2,1-2H3/b7-4+. The lowest BCUT2D eigenvalue weighted by atomic mass is 9.94. The molecule has 37 heavy (non-hydrogen) atoms. The van der Waals surface area contributed by atoms with Crippen LogP contribution in [0.5, 0.6) is 5.75 Å². The van der Waals surface area contributed by atoms with Crippen molar-refractivity contribution in [1.29, 1.82) is 0 Å². The van der Waals surface area contributed by atoms with E-state index < -0.39 is 35.5 Å². The lowest BCUT2D eigenvalue weighted by Gasteiger charge is -2.28. The number of ether oxygens (including phenoxy) is 3. The molecular formula is C30H30F4O3. The Morgan fingerprint density at radius 1 is 0.784 bits per heavy atom. The van der Waals surface area contributed by atoms with Crippen molar-refractivity contribution in [2.24, 2.45) is 0 Å². The first-order chi connectivity index (χ1) is 17.9. The monoisotopic (exact) mass is 514 g/mol. The van der Waals surface area contributed by atoms with E-state index in [1.165, 1.54) is 24.3 Å². The van der Waals surface area contributed by atoms with Gasteiger partial charge in [-0.15, -0.1) is 0 Å². The Kier molecular flexibility index (Phi) is 9.00. The van der Waals surface area contributed by atoms with E-state index in [1.54, 1.807) is 36.4 Å². The fourth-order valence-electron chi connectivity index (χ4n) is 4.30. The van der Waals surface area contributed by atoms with Crippen LogP contribution in [0.1, 0.15) is 44.6 Å². The number of unbranched alkanes of at least 4 members (excludes halogenated alkanes) is 2. The van der Waals surface area contributed by atoms with E-state index in [0.717, 1.165) is 19.3 Å². The third kappa shape index (κ3) is 6.05. The predicted molar refractivity (Wildman–Crippen MR) is 135 cm³/mol. The number of hydrogen-bond acceptors (Lipinski definition) is 3. The molecule has 3 aromatic carbocycles. The third-order valence-corrected chi connectivity index (χ3v) is 6.38. The van der Waals surface area contributed by atoms with Crippen molar-refractivity contribution in [2.75, 3.05) is 19.8 Å². The second-order valence-electron chi connectivity index (χ2n) is 8.96. The molecule has 0 radical (unpaired) electrons. The maximum absolute atomic E-state index is 15.0. The highest BCUT2D eigenvalue weighted by Gasteiger charge is 2.27. The Balaban J connectivity index is 1.50. The zero-order valence-electron chi connectivity index (χ0n) is 20.9. The Labute approximate surface area is 214 Å². The van der Waals surface area contributed by atoms with Crippen molar-refractivity contribution in [1.82, 2.24) is 0 Å². The van der Waals surface area contributed by atoms with Gasteiger partial charge in [0.25, 0.3) is 0 Å². The minimum absolute atomic E-state index is 0.0560. The van der Waals surface area contributed by atoms with Gasteiger partial charge in [-0.05, 0) is 48.2 Å². The summed E-state index contributed by atoms with van der Waals surface area (Å²) in [6, 6.07) is 12.1. The van der Waals surface area contributed by atoms with Crippen LogP contribution >= 0.6 is 0 Å². The van der Waals surface area contributed by atoms with Gasteiger partial charge in [-0.3, -0.25) is 0 Å². The van der Waals surface area contributed by atoms with Gasteiger partial charge in [-0.1, -0.05) is 62.2 Å². The van der Waals surface area contributed by atoms with E-state index in [9.17, 15) is 13.2 Å². The average Bonchev–Trinajstić information content (AvgIpc) is 2.91. The number of rotatable bonds is 9. The summed E-state index contributed by atoms with van der Waals surface area (Å²) in [4.78, 5) is 0. The van der Waals surface area contributed by atoms with Gasteiger partial charge in [0.15, 0.2) is 29.5 Å². The second kappa shape index (κ2) is 12.4. The molecule has 0 atom stereocenters. The Bertz CT molecular complexity index is 1230. The van der Waals surface area contributed by atoms with E-state index >= 15 is 4.39 Å². The van der Waals surface area contributed by atoms with Crippen molar-refractivity contribution >= 4 is 0 Å². The molecule has 1 fully saturated rings. The zero-order valence-corrected chi connectivity index (χ0v) is 20.9.